The number of hydrogen-bond acceptors (Lipinski definition) is 3. The van der Waals surface area contributed by atoms with Crippen molar-refractivity contribution in [1.82, 2.24) is 0 Å². The van der Waals surface area contributed by atoms with Crippen LogP contribution in [0, 0.1) is 11.3 Å². The van der Waals surface area contributed by atoms with Crippen molar-refractivity contribution in [1.29, 1.82) is 5.26 Å². The van der Waals surface area contributed by atoms with Gasteiger partial charge in [0.05, 0.1) is 11.6 Å². The number of benzene rings is 1. The van der Waals surface area contributed by atoms with E-state index < -0.39 is 0 Å². The first-order chi connectivity index (χ1) is 6.77. The molecule has 0 aromatic heterocycles. The Kier molecular flexibility index (Phi) is 3.71. The summed E-state index contributed by atoms with van der Waals surface area (Å²) < 4.78 is 0. The Labute approximate surface area is 83.6 Å². The summed E-state index contributed by atoms with van der Waals surface area (Å²) >= 11 is 0. The lowest BCUT2D eigenvalue weighted by Gasteiger charge is -1.98. The first-order valence-electron chi connectivity index (χ1n) is 4.44. The summed E-state index contributed by atoms with van der Waals surface area (Å²) in [6.07, 6.45) is 4.66. The topological polar surface area (TPSA) is 75.8 Å². The van der Waals surface area contributed by atoms with Crippen LogP contribution in [-0.2, 0) is 0 Å². The molecule has 72 valence electrons. The standard InChI is InChI=1S/C11H13N3/c12-6-2-1-3-9-4-5-11(14)7-10(9)8-13/h1,3-5,7H,2,6,12,14H2. The minimum Gasteiger partial charge on any atom is -0.399 e. The maximum absolute atomic E-state index is 8.84. The van der Waals surface area contributed by atoms with Crippen LogP contribution in [0.3, 0.4) is 0 Å². The normalized spacial score (nSPS) is 10.3. The SMILES string of the molecule is N#Cc1cc(N)ccc1C=CCCN. The summed E-state index contributed by atoms with van der Waals surface area (Å²) in [5, 5.41) is 8.84. The second kappa shape index (κ2) is 5.05. The predicted octanol–water partition coefficient (Wildman–Crippen LogP) is 1.50. The van der Waals surface area contributed by atoms with E-state index in [0.29, 0.717) is 17.8 Å². The summed E-state index contributed by atoms with van der Waals surface area (Å²) in [7, 11) is 0. The molecule has 0 aliphatic rings. The van der Waals surface area contributed by atoms with Gasteiger partial charge in [0, 0.05) is 5.69 Å². The number of nitrogen functional groups attached to an aromatic ring is 1. The highest BCUT2D eigenvalue weighted by atomic mass is 14.5. The summed E-state index contributed by atoms with van der Waals surface area (Å²) in [6.45, 7) is 0.618. The average molecular weight is 187 g/mol. The summed E-state index contributed by atoms with van der Waals surface area (Å²) in [6, 6.07) is 7.38. The van der Waals surface area contributed by atoms with Crippen molar-refractivity contribution < 1.29 is 0 Å². The van der Waals surface area contributed by atoms with Gasteiger partial charge in [0.25, 0.3) is 0 Å². The van der Waals surface area contributed by atoms with Gasteiger partial charge in [-0.25, -0.2) is 0 Å². The molecular weight excluding hydrogens is 174 g/mol. The number of nitriles is 1. The Morgan fingerprint density at radius 1 is 1.43 bits per heavy atom. The smallest absolute Gasteiger partial charge is 0.0998 e. The van der Waals surface area contributed by atoms with Crippen molar-refractivity contribution >= 4 is 11.8 Å². The third-order valence-electron chi connectivity index (χ3n) is 1.83. The monoisotopic (exact) mass is 187 g/mol. The third-order valence-corrected chi connectivity index (χ3v) is 1.83. The molecule has 1 aromatic rings. The molecule has 3 nitrogen and oxygen atoms in total. The highest BCUT2D eigenvalue weighted by Crippen LogP contribution is 2.14. The van der Waals surface area contributed by atoms with E-state index in [1.54, 1.807) is 12.1 Å². The Bertz CT molecular complexity index is 375. The van der Waals surface area contributed by atoms with E-state index in [9.17, 15) is 0 Å². The zero-order valence-corrected chi connectivity index (χ0v) is 7.90. The van der Waals surface area contributed by atoms with Gasteiger partial charge in [-0.1, -0.05) is 18.2 Å². The molecule has 3 heteroatoms. The van der Waals surface area contributed by atoms with E-state index >= 15 is 0 Å². The van der Waals surface area contributed by atoms with Crippen molar-refractivity contribution in [3.05, 3.63) is 35.4 Å². The Morgan fingerprint density at radius 3 is 2.86 bits per heavy atom. The van der Waals surface area contributed by atoms with E-state index in [4.69, 9.17) is 16.7 Å². The molecule has 0 unspecified atom stereocenters. The van der Waals surface area contributed by atoms with Crippen molar-refractivity contribution in [2.45, 2.75) is 6.42 Å². The van der Waals surface area contributed by atoms with Gasteiger partial charge < -0.3 is 11.5 Å². The van der Waals surface area contributed by atoms with E-state index in [0.717, 1.165) is 12.0 Å². The fourth-order valence-electron chi connectivity index (χ4n) is 1.12. The van der Waals surface area contributed by atoms with Gasteiger partial charge >= 0.3 is 0 Å². The fraction of sp³-hybridized carbons (Fsp3) is 0.182. The zero-order chi connectivity index (χ0) is 10.4. The number of anilines is 1. The lowest BCUT2D eigenvalue weighted by atomic mass is 10.1. The maximum atomic E-state index is 8.84. The average Bonchev–Trinajstić information content (AvgIpc) is 2.20. The van der Waals surface area contributed by atoms with Crippen molar-refractivity contribution in [3.63, 3.8) is 0 Å². The highest BCUT2D eigenvalue weighted by molar-refractivity contribution is 5.62. The number of hydrogen-bond donors (Lipinski definition) is 2. The van der Waals surface area contributed by atoms with Crippen LogP contribution in [0.4, 0.5) is 5.69 Å². The minimum atomic E-state index is 0.596. The van der Waals surface area contributed by atoms with Gasteiger partial charge in [-0.15, -0.1) is 0 Å². The first kappa shape index (κ1) is 10.3. The van der Waals surface area contributed by atoms with Crippen LogP contribution in [-0.4, -0.2) is 6.54 Å². The first-order valence-corrected chi connectivity index (χ1v) is 4.44. The van der Waals surface area contributed by atoms with Gasteiger partial charge in [0.15, 0.2) is 0 Å². The number of nitrogens with zero attached hydrogens (tertiary/aromatic N) is 1. The largest absolute Gasteiger partial charge is 0.399 e. The van der Waals surface area contributed by atoms with Gasteiger partial charge in [-0.05, 0) is 30.7 Å². The van der Waals surface area contributed by atoms with Crippen LogP contribution in [0.25, 0.3) is 6.08 Å². The molecule has 0 aliphatic heterocycles. The molecule has 1 aromatic carbocycles. The van der Waals surface area contributed by atoms with Gasteiger partial charge in [-0.2, -0.15) is 5.26 Å². The van der Waals surface area contributed by atoms with Crippen molar-refractivity contribution in [2.75, 3.05) is 12.3 Å². The van der Waals surface area contributed by atoms with Crippen LogP contribution < -0.4 is 11.5 Å². The molecule has 0 radical (unpaired) electrons. The molecule has 0 saturated heterocycles. The van der Waals surface area contributed by atoms with Crippen molar-refractivity contribution in [3.8, 4) is 6.07 Å². The van der Waals surface area contributed by atoms with Crippen LogP contribution in [0.2, 0.25) is 0 Å². The number of nitrogens with two attached hydrogens (primary N) is 2. The Morgan fingerprint density at radius 2 is 2.21 bits per heavy atom. The predicted molar refractivity (Wildman–Crippen MR) is 58.3 cm³/mol. The van der Waals surface area contributed by atoms with Crippen LogP contribution in [0.15, 0.2) is 24.3 Å². The lowest BCUT2D eigenvalue weighted by Crippen LogP contribution is -1.95. The second-order valence-corrected chi connectivity index (χ2v) is 2.94. The van der Waals surface area contributed by atoms with Gasteiger partial charge in [0.1, 0.15) is 0 Å². The van der Waals surface area contributed by atoms with Gasteiger partial charge in [-0.3, -0.25) is 0 Å². The van der Waals surface area contributed by atoms with E-state index in [-0.39, 0.29) is 0 Å². The van der Waals surface area contributed by atoms with Crippen LogP contribution in [0.1, 0.15) is 17.5 Å². The zero-order valence-electron chi connectivity index (χ0n) is 7.90. The fourth-order valence-corrected chi connectivity index (χ4v) is 1.12. The molecule has 0 bridgehead atoms. The Hall–Kier alpha value is -1.79. The quantitative estimate of drug-likeness (QED) is 0.704. The van der Waals surface area contributed by atoms with Crippen LogP contribution >= 0.6 is 0 Å². The molecule has 0 amide bonds. The summed E-state index contributed by atoms with van der Waals surface area (Å²) in [5.41, 5.74) is 13.0. The molecule has 0 spiro atoms. The lowest BCUT2D eigenvalue weighted by molar-refractivity contribution is 1.01. The van der Waals surface area contributed by atoms with E-state index in [1.807, 2.05) is 18.2 Å². The highest BCUT2D eigenvalue weighted by Gasteiger charge is 1.97. The minimum absolute atomic E-state index is 0.596. The second-order valence-electron chi connectivity index (χ2n) is 2.94. The Balaban J connectivity index is 2.92. The molecular formula is C11H13N3. The van der Waals surface area contributed by atoms with Gasteiger partial charge in [0.2, 0.25) is 0 Å². The van der Waals surface area contributed by atoms with Crippen LogP contribution in [0.5, 0.6) is 0 Å². The molecule has 0 aliphatic carbocycles. The summed E-state index contributed by atoms with van der Waals surface area (Å²) in [4.78, 5) is 0. The van der Waals surface area contributed by atoms with E-state index in [1.165, 1.54) is 0 Å². The molecule has 4 N–H and O–H groups in total. The van der Waals surface area contributed by atoms with E-state index in [2.05, 4.69) is 6.07 Å². The molecule has 0 fully saturated rings. The summed E-state index contributed by atoms with van der Waals surface area (Å²) in [5.74, 6) is 0. The molecule has 0 heterocycles. The molecule has 1 rings (SSSR count). The molecule has 0 atom stereocenters. The number of rotatable bonds is 3. The third kappa shape index (κ3) is 2.61. The molecule has 0 saturated carbocycles. The van der Waals surface area contributed by atoms with Crippen molar-refractivity contribution in [2.24, 2.45) is 5.73 Å². The molecule has 14 heavy (non-hydrogen) atoms. The maximum Gasteiger partial charge on any atom is 0.0998 e.